The van der Waals surface area contributed by atoms with Gasteiger partial charge in [0.05, 0.1) is 11.5 Å². The fourth-order valence-corrected chi connectivity index (χ4v) is 7.66. The number of hydrogen-bond acceptors (Lipinski definition) is 5. The molecule has 1 saturated heterocycles. The topological polar surface area (TPSA) is 62.2 Å². The Kier molecular flexibility index (Phi) is 2.86. The molecule has 1 aromatic rings. The Morgan fingerprint density at radius 1 is 1.33 bits per heavy atom. The summed E-state index contributed by atoms with van der Waals surface area (Å²) in [6.07, 6.45) is 6.68. The summed E-state index contributed by atoms with van der Waals surface area (Å²) in [5.41, 5.74) is 1.55. The minimum Gasteiger partial charge on any atom is -0.504 e. The summed E-state index contributed by atoms with van der Waals surface area (Å²) in [5, 5.41) is 21.3. The summed E-state index contributed by atoms with van der Waals surface area (Å²) >= 11 is 0. The molecule has 5 nitrogen and oxygen atoms in total. The third-order valence-corrected chi connectivity index (χ3v) is 8.71. The van der Waals surface area contributed by atoms with Gasteiger partial charge in [0.25, 0.3) is 0 Å². The van der Waals surface area contributed by atoms with Crippen molar-refractivity contribution in [3.05, 3.63) is 35.4 Å². The first-order chi connectivity index (χ1) is 12.9. The van der Waals surface area contributed by atoms with Crippen molar-refractivity contribution in [2.75, 3.05) is 20.7 Å². The Balaban J connectivity index is 1.72. The molecule has 2 N–H and O–H groups in total. The number of ether oxygens (including phenoxy) is 2. The molecule has 1 aromatic carbocycles. The second-order valence-electron chi connectivity index (χ2n) is 9.35. The van der Waals surface area contributed by atoms with Gasteiger partial charge in [0.15, 0.2) is 11.5 Å². The number of methoxy groups -OCH3 is 1. The predicted octanol–water partition coefficient (Wildman–Crippen LogP) is 1.99. The monoisotopic (exact) mass is 369 g/mol. The van der Waals surface area contributed by atoms with Gasteiger partial charge in [0.2, 0.25) is 0 Å². The van der Waals surface area contributed by atoms with Crippen LogP contribution in [0.3, 0.4) is 0 Å². The molecule has 5 heteroatoms. The molecule has 0 aromatic heterocycles. The van der Waals surface area contributed by atoms with Crippen molar-refractivity contribution in [3.8, 4) is 11.5 Å². The number of aromatic hydroxyl groups is 1. The van der Waals surface area contributed by atoms with Gasteiger partial charge in [-0.1, -0.05) is 18.2 Å². The molecule has 2 fully saturated rings. The summed E-state index contributed by atoms with van der Waals surface area (Å²) in [7, 11) is 3.96. The molecule has 7 atom stereocenters. The average molecular weight is 369 g/mol. The highest BCUT2D eigenvalue weighted by Gasteiger charge is 2.79. The highest BCUT2D eigenvalue weighted by atomic mass is 16.6. The lowest BCUT2D eigenvalue weighted by Crippen LogP contribution is -2.79. The van der Waals surface area contributed by atoms with E-state index in [1.54, 1.807) is 13.2 Å². The standard InChI is InChI=1S/C22H27NO4/c1-12(24)14-11-20-6-7-22(14,26-3)19-21(20)8-9-23(2)16(20)10-13-4-5-15(25)18(27-19)17(13)21/h4-7,12,14,16,19,24-25H,8-11H2,1-3H3/t12-,14?,16-,19-,20-,21+,22-/m1/s1. The van der Waals surface area contributed by atoms with E-state index in [-0.39, 0.29) is 28.6 Å². The van der Waals surface area contributed by atoms with E-state index in [9.17, 15) is 10.2 Å². The molecular weight excluding hydrogens is 342 g/mol. The van der Waals surface area contributed by atoms with Crippen LogP contribution in [0.15, 0.2) is 24.3 Å². The highest BCUT2D eigenvalue weighted by Crippen LogP contribution is 2.74. The van der Waals surface area contributed by atoms with Gasteiger partial charge >= 0.3 is 0 Å². The second-order valence-corrected chi connectivity index (χ2v) is 9.35. The van der Waals surface area contributed by atoms with Crippen molar-refractivity contribution in [1.82, 2.24) is 4.90 Å². The lowest BCUT2D eigenvalue weighted by atomic mass is 9.37. The number of phenolic OH excluding ortho intramolecular Hbond substituents is 1. The average Bonchev–Trinajstić information content (AvgIpc) is 3.03. The van der Waals surface area contributed by atoms with Crippen molar-refractivity contribution in [1.29, 1.82) is 0 Å². The number of benzene rings is 1. The van der Waals surface area contributed by atoms with Gasteiger partial charge in [0, 0.05) is 30.0 Å². The molecule has 27 heavy (non-hydrogen) atoms. The first kappa shape index (κ1) is 16.4. The van der Waals surface area contributed by atoms with E-state index in [0.29, 0.717) is 11.8 Å². The molecule has 1 unspecified atom stereocenters. The van der Waals surface area contributed by atoms with Gasteiger partial charge in [-0.25, -0.2) is 0 Å². The van der Waals surface area contributed by atoms with Crippen molar-refractivity contribution >= 4 is 0 Å². The number of fused-ring (bicyclic) bond motifs is 1. The number of aliphatic hydroxyl groups is 1. The number of hydrogen-bond donors (Lipinski definition) is 2. The van der Waals surface area contributed by atoms with E-state index < -0.39 is 11.7 Å². The molecule has 2 aliphatic heterocycles. The maximum absolute atomic E-state index is 10.7. The van der Waals surface area contributed by atoms with Crippen LogP contribution >= 0.6 is 0 Å². The number of rotatable bonds is 2. The first-order valence-corrected chi connectivity index (χ1v) is 10.1. The zero-order valence-corrected chi connectivity index (χ0v) is 16.1. The molecule has 1 saturated carbocycles. The summed E-state index contributed by atoms with van der Waals surface area (Å²) in [5.74, 6) is 0.850. The van der Waals surface area contributed by atoms with Gasteiger partial charge < -0.3 is 24.6 Å². The maximum atomic E-state index is 10.7. The van der Waals surface area contributed by atoms with Crippen molar-refractivity contribution in [2.45, 2.75) is 55.5 Å². The Labute approximate surface area is 159 Å². The van der Waals surface area contributed by atoms with Gasteiger partial charge in [-0.15, -0.1) is 0 Å². The van der Waals surface area contributed by atoms with Crippen LogP contribution in [0, 0.1) is 11.3 Å². The molecule has 4 bridgehead atoms. The molecule has 4 aliphatic carbocycles. The van der Waals surface area contributed by atoms with Crippen LogP contribution in [0.4, 0.5) is 0 Å². The van der Waals surface area contributed by atoms with E-state index in [1.165, 1.54) is 11.1 Å². The van der Waals surface area contributed by atoms with Crippen molar-refractivity contribution < 1.29 is 19.7 Å². The molecule has 6 aliphatic rings. The Morgan fingerprint density at radius 2 is 2.15 bits per heavy atom. The first-order valence-electron chi connectivity index (χ1n) is 10.1. The normalized spacial score (nSPS) is 46.9. The number of phenols is 1. The van der Waals surface area contributed by atoms with Crippen molar-refractivity contribution in [3.63, 3.8) is 0 Å². The smallest absolute Gasteiger partial charge is 0.165 e. The minimum absolute atomic E-state index is 0.0300. The number of aliphatic hydroxyl groups excluding tert-OH is 1. The van der Waals surface area contributed by atoms with Crippen LogP contribution in [0.5, 0.6) is 11.5 Å². The fraction of sp³-hybridized carbons (Fsp3) is 0.636. The summed E-state index contributed by atoms with van der Waals surface area (Å²) in [6, 6.07) is 4.22. The van der Waals surface area contributed by atoms with Gasteiger partial charge in [-0.05, 0) is 51.4 Å². The summed E-state index contributed by atoms with van der Waals surface area (Å²) in [4.78, 5) is 2.49. The third-order valence-electron chi connectivity index (χ3n) is 8.71. The van der Waals surface area contributed by atoms with E-state index >= 15 is 0 Å². The zero-order chi connectivity index (χ0) is 18.8. The van der Waals surface area contributed by atoms with Crippen LogP contribution in [0.2, 0.25) is 0 Å². The second kappa shape index (κ2) is 4.70. The van der Waals surface area contributed by atoms with E-state index in [4.69, 9.17) is 9.47 Å². The van der Waals surface area contributed by atoms with E-state index in [1.807, 2.05) is 6.92 Å². The van der Waals surface area contributed by atoms with Gasteiger partial charge in [-0.3, -0.25) is 0 Å². The largest absolute Gasteiger partial charge is 0.504 e. The highest BCUT2D eigenvalue weighted by molar-refractivity contribution is 5.65. The zero-order valence-electron chi connectivity index (χ0n) is 16.1. The number of likely N-dealkylation sites (N-methyl/N-ethyl adjacent to an activating group) is 1. The molecule has 7 rings (SSSR count). The third kappa shape index (κ3) is 1.47. The number of piperidine rings is 1. The molecule has 0 amide bonds. The Hall–Kier alpha value is -1.56. The molecule has 0 radical (unpaired) electrons. The van der Waals surface area contributed by atoms with E-state index in [0.717, 1.165) is 25.8 Å². The molecule has 2 heterocycles. The van der Waals surface area contributed by atoms with Crippen LogP contribution in [0.1, 0.15) is 30.9 Å². The molecular formula is C22H27NO4. The van der Waals surface area contributed by atoms with Gasteiger partial charge in [-0.2, -0.15) is 0 Å². The SMILES string of the molecule is CO[C@]12C=C[C@@]3(CC1[C@@H](C)O)[C@H]1Cc4ccc(O)c5c4[C@@]3(CCN1C)[C@H]2O5. The van der Waals surface area contributed by atoms with Crippen LogP contribution in [0.25, 0.3) is 0 Å². The van der Waals surface area contributed by atoms with Crippen LogP contribution < -0.4 is 4.74 Å². The quantitative estimate of drug-likeness (QED) is 0.781. The van der Waals surface area contributed by atoms with Crippen molar-refractivity contribution in [2.24, 2.45) is 11.3 Å². The van der Waals surface area contributed by atoms with Gasteiger partial charge in [0.1, 0.15) is 11.7 Å². The lowest BCUT2D eigenvalue weighted by molar-refractivity contribution is -0.228. The minimum atomic E-state index is -0.670. The van der Waals surface area contributed by atoms with Crippen LogP contribution in [-0.4, -0.2) is 59.7 Å². The number of likely N-dealkylation sites (tertiary alicyclic amines) is 1. The summed E-state index contributed by atoms with van der Waals surface area (Å²) < 4.78 is 12.8. The Morgan fingerprint density at radius 3 is 2.89 bits per heavy atom. The molecule has 2 spiro atoms. The fourth-order valence-electron chi connectivity index (χ4n) is 7.66. The van der Waals surface area contributed by atoms with Crippen LogP contribution in [-0.2, 0) is 16.6 Å². The predicted molar refractivity (Wildman–Crippen MR) is 100 cm³/mol. The number of nitrogens with zero attached hydrogens (tertiary/aromatic N) is 1. The maximum Gasteiger partial charge on any atom is 0.165 e. The lowest BCUT2D eigenvalue weighted by Gasteiger charge is -2.71. The van der Waals surface area contributed by atoms with E-state index in [2.05, 4.69) is 30.2 Å². The Bertz CT molecular complexity index is 881. The molecule has 144 valence electrons. The summed E-state index contributed by atoms with van der Waals surface area (Å²) in [6.45, 7) is 2.88.